The molecule has 7 heteroatoms. The van der Waals surface area contributed by atoms with Crippen LogP contribution in [0, 0.1) is 0 Å². The summed E-state index contributed by atoms with van der Waals surface area (Å²) in [7, 11) is 0. The minimum absolute atomic E-state index is 0.0762. The number of nitrogens with zero attached hydrogens (tertiary/aromatic N) is 1. The van der Waals surface area contributed by atoms with E-state index in [1.54, 1.807) is 12.1 Å². The molecule has 2 fully saturated rings. The van der Waals surface area contributed by atoms with Crippen molar-refractivity contribution in [1.82, 2.24) is 4.90 Å². The molecular formula is C22H22Cl3NO3. The number of rotatable bonds is 3. The fraction of sp³-hybridized carbons (Fsp3) is 0.409. The van der Waals surface area contributed by atoms with Gasteiger partial charge in [0.05, 0.1) is 18.6 Å². The van der Waals surface area contributed by atoms with E-state index in [2.05, 4.69) is 0 Å². The second-order valence-corrected chi connectivity index (χ2v) is 8.76. The molecule has 4 nitrogen and oxygen atoms in total. The molecule has 0 spiro atoms. The first-order valence-electron chi connectivity index (χ1n) is 9.69. The maximum absolute atomic E-state index is 13.8. The number of morpholine rings is 1. The van der Waals surface area contributed by atoms with Gasteiger partial charge >= 0.3 is 0 Å². The van der Waals surface area contributed by atoms with Crippen LogP contribution in [0.5, 0.6) is 0 Å². The van der Waals surface area contributed by atoms with Crippen LogP contribution in [0.2, 0.25) is 15.1 Å². The smallest absolute Gasteiger partial charge is 0.233 e. The van der Waals surface area contributed by atoms with Crippen molar-refractivity contribution in [2.24, 2.45) is 0 Å². The highest BCUT2D eigenvalue weighted by Gasteiger charge is 2.46. The Kier molecular flexibility index (Phi) is 6.38. The van der Waals surface area contributed by atoms with Gasteiger partial charge in [0.1, 0.15) is 6.10 Å². The van der Waals surface area contributed by atoms with Crippen LogP contribution in [-0.4, -0.2) is 43.7 Å². The quantitative estimate of drug-likeness (QED) is 0.632. The van der Waals surface area contributed by atoms with Crippen molar-refractivity contribution in [2.75, 3.05) is 32.9 Å². The highest BCUT2D eigenvalue weighted by molar-refractivity contribution is 6.35. The van der Waals surface area contributed by atoms with E-state index < -0.39 is 5.41 Å². The summed E-state index contributed by atoms with van der Waals surface area (Å²) >= 11 is 18.6. The van der Waals surface area contributed by atoms with Gasteiger partial charge in [-0.2, -0.15) is 0 Å². The van der Waals surface area contributed by atoms with Gasteiger partial charge in [0.25, 0.3) is 0 Å². The predicted octanol–water partition coefficient (Wildman–Crippen LogP) is 5.30. The fourth-order valence-corrected chi connectivity index (χ4v) is 4.93. The van der Waals surface area contributed by atoms with Gasteiger partial charge in [0, 0.05) is 34.8 Å². The average Bonchev–Trinajstić information content (AvgIpc) is 2.74. The van der Waals surface area contributed by atoms with Crippen LogP contribution in [0.25, 0.3) is 0 Å². The minimum atomic E-state index is -0.707. The van der Waals surface area contributed by atoms with Crippen LogP contribution in [-0.2, 0) is 19.7 Å². The summed E-state index contributed by atoms with van der Waals surface area (Å²) in [5, 5.41) is 1.76. The lowest BCUT2D eigenvalue weighted by atomic mass is 9.72. The van der Waals surface area contributed by atoms with Gasteiger partial charge in [-0.15, -0.1) is 0 Å². The SMILES string of the molecule is O=C(N1CCOC(c2ccc(Cl)cc2)C1)C1(c2ccc(Cl)cc2Cl)CCOCC1. The molecule has 0 aliphatic carbocycles. The van der Waals surface area contributed by atoms with Crippen LogP contribution in [0.4, 0.5) is 0 Å². The zero-order valence-corrected chi connectivity index (χ0v) is 18.1. The van der Waals surface area contributed by atoms with E-state index in [0.29, 0.717) is 60.8 Å². The molecule has 0 radical (unpaired) electrons. The van der Waals surface area contributed by atoms with Crippen molar-refractivity contribution in [2.45, 2.75) is 24.4 Å². The molecule has 2 aliphatic rings. The van der Waals surface area contributed by atoms with Gasteiger partial charge < -0.3 is 14.4 Å². The summed E-state index contributed by atoms with van der Waals surface area (Å²) in [5.74, 6) is 0.0762. The number of carbonyl (C=O) groups excluding carboxylic acids is 1. The summed E-state index contributed by atoms with van der Waals surface area (Å²) in [6.07, 6.45) is 1.01. The van der Waals surface area contributed by atoms with Crippen molar-refractivity contribution < 1.29 is 14.3 Å². The van der Waals surface area contributed by atoms with E-state index >= 15 is 0 Å². The van der Waals surface area contributed by atoms with Crippen LogP contribution >= 0.6 is 34.8 Å². The number of ether oxygens (including phenoxy) is 2. The molecule has 2 aliphatic heterocycles. The Morgan fingerprint density at radius 2 is 1.66 bits per heavy atom. The minimum Gasteiger partial charge on any atom is -0.381 e. The van der Waals surface area contributed by atoms with Crippen molar-refractivity contribution in [3.63, 3.8) is 0 Å². The Bertz CT molecular complexity index is 881. The van der Waals surface area contributed by atoms with Crippen molar-refractivity contribution in [3.8, 4) is 0 Å². The maximum atomic E-state index is 13.8. The van der Waals surface area contributed by atoms with Crippen LogP contribution in [0.1, 0.15) is 30.1 Å². The lowest BCUT2D eigenvalue weighted by Crippen LogP contribution is -2.53. The molecule has 0 bridgehead atoms. The zero-order valence-electron chi connectivity index (χ0n) is 15.9. The summed E-state index contributed by atoms with van der Waals surface area (Å²) < 4.78 is 11.5. The Balaban J connectivity index is 1.63. The molecule has 0 saturated carbocycles. The van der Waals surface area contributed by atoms with Gasteiger partial charge in [-0.1, -0.05) is 53.0 Å². The van der Waals surface area contributed by atoms with Crippen molar-refractivity contribution >= 4 is 40.7 Å². The van der Waals surface area contributed by atoms with E-state index in [4.69, 9.17) is 44.3 Å². The molecule has 1 amide bonds. The van der Waals surface area contributed by atoms with Crippen molar-refractivity contribution in [1.29, 1.82) is 0 Å². The molecule has 4 rings (SSSR count). The summed E-state index contributed by atoms with van der Waals surface area (Å²) in [4.78, 5) is 15.7. The zero-order chi connectivity index (χ0) is 20.4. The van der Waals surface area contributed by atoms with E-state index in [1.807, 2.05) is 35.2 Å². The summed E-state index contributed by atoms with van der Waals surface area (Å²) in [6, 6.07) is 13.0. The fourth-order valence-electron chi connectivity index (χ4n) is 4.21. The Labute approximate surface area is 185 Å². The van der Waals surface area contributed by atoms with Crippen molar-refractivity contribution in [3.05, 3.63) is 68.7 Å². The highest BCUT2D eigenvalue weighted by atomic mass is 35.5. The molecular weight excluding hydrogens is 433 g/mol. The molecule has 2 heterocycles. The Morgan fingerprint density at radius 1 is 0.966 bits per heavy atom. The standard InChI is InChI=1S/C22H22Cl3NO3/c23-16-3-1-15(2-4-16)20-14-26(9-12-29-20)21(27)22(7-10-28-11-8-22)18-6-5-17(24)13-19(18)25/h1-6,13,20H,7-12,14H2. The normalized spacial score (nSPS) is 21.8. The van der Waals surface area contributed by atoms with Crippen LogP contribution < -0.4 is 0 Å². The largest absolute Gasteiger partial charge is 0.381 e. The average molecular weight is 455 g/mol. The number of amides is 1. The van der Waals surface area contributed by atoms with E-state index in [1.165, 1.54) is 0 Å². The molecule has 0 N–H and O–H groups in total. The van der Waals surface area contributed by atoms with Gasteiger partial charge in [-0.25, -0.2) is 0 Å². The topological polar surface area (TPSA) is 38.8 Å². The number of benzene rings is 2. The molecule has 1 unspecified atom stereocenters. The van der Waals surface area contributed by atoms with E-state index in [0.717, 1.165) is 11.1 Å². The maximum Gasteiger partial charge on any atom is 0.233 e. The van der Waals surface area contributed by atoms with Crippen LogP contribution in [0.3, 0.4) is 0 Å². The van der Waals surface area contributed by atoms with Crippen LogP contribution in [0.15, 0.2) is 42.5 Å². The third-order valence-corrected chi connectivity index (χ3v) is 6.60. The predicted molar refractivity (Wildman–Crippen MR) is 115 cm³/mol. The summed E-state index contributed by atoms with van der Waals surface area (Å²) in [6.45, 7) is 2.58. The molecule has 1 atom stereocenters. The number of halogens is 3. The molecule has 29 heavy (non-hydrogen) atoms. The number of hydrogen-bond donors (Lipinski definition) is 0. The van der Waals surface area contributed by atoms with E-state index in [9.17, 15) is 4.79 Å². The molecule has 2 aromatic rings. The van der Waals surface area contributed by atoms with E-state index in [-0.39, 0.29) is 12.0 Å². The molecule has 2 saturated heterocycles. The first-order valence-corrected chi connectivity index (χ1v) is 10.8. The molecule has 154 valence electrons. The molecule has 2 aromatic carbocycles. The monoisotopic (exact) mass is 453 g/mol. The lowest BCUT2D eigenvalue weighted by molar-refractivity contribution is -0.149. The molecule has 0 aromatic heterocycles. The summed E-state index contributed by atoms with van der Waals surface area (Å²) in [5.41, 5.74) is 1.13. The second-order valence-electron chi connectivity index (χ2n) is 7.48. The van der Waals surface area contributed by atoms with Gasteiger partial charge in [-0.3, -0.25) is 4.79 Å². The lowest BCUT2D eigenvalue weighted by Gasteiger charge is -2.43. The van der Waals surface area contributed by atoms with Gasteiger partial charge in [0.15, 0.2) is 0 Å². The highest BCUT2D eigenvalue weighted by Crippen LogP contribution is 2.42. The first kappa shape index (κ1) is 21.0. The van der Waals surface area contributed by atoms with Gasteiger partial charge in [-0.05, 0) is 48.2 Å². The number of hydrogen-bond acceptors (Lipinski definition) is 3. The first-order chi connectivity index (χ1) is 14.0. The number of carbonyl (C=O) groups is 1. The third kappa shape index (κ3) is 4.28. The third-order valence-electron chi connectivity index (χ3n) is 5.80. The van der Waals surface area contributed by atoms with Gasteiger partial charge in [0.2, 0.25) is 5.91 Å². The Hall–Kier alpha value is -1.30. The Morgan fingerprint density at radius 3 is 2.34 bits per heavy atom. The second kappa shape index (κ2) is 8.83.